The Labute approximate surface area is 117 Å². The van der Waals surface area contributed by atoms with Crippen molar-refractivity contribution in [1.29, 1.82) is 0 Å². The third-order valence-electron chi connectivity index (χ3n) is 2.56. The Morgan fingerprint density at radius 2 is 2.00 bits per heavy atom. The van der Waals surface area contributed by atoms with Crippen molar-refractivity contribution in [3.8, 4) is 0 Å². The van der Waals surface area contributed by atoms with Crippen LogP contribution in [0, 0.1) is 28.7 Å². The van der Waals surface area contributed by atoms with Crippen molar-refractivity contribution in [3.05, 3.63) is 56.7 Å². The number of aromatic nitrogens is 1. The second-order valence-electron chi connectivity index (χ2n) is 3.94. The lowest BCUT2D eigenvalue weighted by molar-refractivity contribution is -0.384. The van der Waals surface area contributed by atoms with Gasteiger partial charge >= 0.3 is 5.69 Å². The topological polar surface area (TPSA) is 68.1 Å². The minimum Gasteiger partial charge on any atom is -0.330 e. The van der Waals surface area contributed by atoms with E-state index in [1.54, 1.807) is 0 Å². The molecule has 0 unspecified atom stereocenters. The molecule has 8 heteroatoms. The van der Waals surface area contributed by atoms with Crippen LogP contribution >= 0.6 is 11.6 Å². The molecule has 1 heterocycles. The number of pyridine rings is 1. The smallest absolute Gasteiger partial charge is 0.311 e. The van der Waals surface area contributed by atoms with E-state index in [0.717, 1.165) is 12.1 Å². The fourth-order valence-corrected chi connectivity index (χ4v) is 1.70. The van der Waals surface area contributed by atoms with Gasteiger partial charge in [0.15, 0.2) is 5.82 Å². The third-order valence-corrected chi connectivity index (χ3v) is 2.77. The lowest BCUT2D eigenvalue weighted by Gasteiger charge is -2.10. The van der Waals surface area contributed by atoms with Crippen molar-refractivity contribution in [1.82, 2.24) is 4.98 Å². The summed E-state index contributed by atoms with van der Waals surface area (Å²) in [5.74, 6) is -2.06. The molecule has 2 rings (SSSR count). The van der Waals surface area contributed by atoms with Gasteiger partial charge in [0.05, 0.1) is 4.92 Å². The molecule has 5 nitrogen and oxygen atoms in total. The van der Waals surface area contributed by atoms with Gasteiger partial charge in [0.1, 0.15) is 16.7 Å². The summed E-state index contributed by atoms with van der Waals surface area (Å²) in [5, 5.41) is 13.1. The number of nitrogens with one attached hydrogen (secondary N) is 1. The zero-order chi connectivity index (χ0) is 14.9. The monoisotopic (exact) mass is 299 g/mol. The Bertz CT molecular complexity index is 695. The number of aryl methyl sites for hydroxylation is 1. The summed E-state index contributed by atoms with van der Waals surface area (Å²) in [6.45, 7) is 1.44. The molecule has 0 fully saturated rings. The first-order valence-electron chi connectivity index (χ1n) is 5.42. The highest BCUT2D eigenvalue weighted by Crippen LogP contribution is 2.30. The Balaban J connectivity index is 2.53. The molecule has 0 saturated heterocycles. The van der Waals surface area contributed by atoms with Gasteiger partial charge in [-0.1, -0.05) is 17.7 Å². The van der Waals surface area contributed by atoms with Gasteiger partial charge in [0, 0.05) is 6.07 Å². The second kappa shape index (κ2) is 5.38. The molecule has 0 radical (unpaired) electrons. The molecule has 0 aliphatic carbocycles. The Kier molecular flexibility index (Phi) is 3.80. The largest absolute Gasteiger partial charge is 0.330 e. The van der Waals surface area contributed by atoms with E-state index in [1.807, 2.05) is 0 Å². The molecule has 2 aromatic rings. The van der Waals surface area contributed by atoms with Crippen LogP contribution in [-0.2, 0) is 0 Å². The van der Waals surface area contributed by atoms with Crippen molar-refractivity contribution >= 4 is 28.8 Å². The van der Waals surface area contributed by atoms with Crippen molar-refractivity contribution in [2.45, 2.75) is 6.92 Å². The summed E-state index contributed by atoms with van der Waals surface area (Å²) >= 11 is 5.64. The normalized spacial score (nSPS) is 10.4. The zero-order valence-corrected chi connectivity index (χ0v) is 10.9. The summed E-state index contributed by atoms with van der Waals surface area (Å²) < 4.78 is 27.5. The third kappa shape index (κ3) is 2.67. The van der Waals surface area contributed by atoms with Crippen molar-refractivity contribution in [2.24, 2.45) is 0 Å². The summed E-state index contributed by atoms with van der Waals surface area (Å²) in [5.41, 5.74) is -0.754. The van der Waals surface area contributed by atoms with Crippen LogP contribution in [0.5, 0.6) is 0 Å². The number of hydrogen-bond acceptors (Lipinski definition) is 4. The van der Waals surface area contributed by atoms with E-state index in [0.29, 0.717) is 0 Å². The van der Waals surface area contributed by atoms with Crippen LogP contribution in [0.4, 0.5) is 26.0 Å². The number of benzene rings is 1. The minimum atomic E-state index is -0.885. The predicted octanol–water partition coefficient (Wildman–Crippen LogP) is 3.97. The molecule has 0 saturated carbocycles. The van der Waals surface area contributed by atoms with E-state index >= 15 is 0 Å². The molecule has 0 amide bonds. The number of nitrogens with zero attached hydrogens (tertiary/aromatic N) is 2. The molecule has 1 aromatic carbocycles. The zero-order valence-electron chi connectivity index (χ0n) is 10.2. The van der Waals surface area contributed by atoms with Crippen LogP contribution in [0.25, 0.3) is 0 Å². The highest BCUT2D eigenvalue weighted by Gasteiger charge is 2.19. The highest BCUT2D eigenvalue weighted by molar-refractivity contribution is 6.29. The molecule has 20 heavy (non-hydrogen) atoms. The standard InChI is InChI=1S/C12H8ClF2N3O2/c1-6-2-3-7(14)11(10(6)15)17-12-8(18(19)20)4-5-9(13)16-12/h2-5H,1H3,(H,16,17). The molecule has 0 aliphatic heterocycles. The van der Waals surface area contributed by atoms with E-state index < -0.39 is 27.9 Å². The lowest BCUT2D eigenvalue weighted by atomic mass is 10.2. The maximum absolute atomic E-state index is 13.8. The molecule has 1 aromatic heterocycles. The maximum Gasteiger partial charge on any atom is 0.311 e. The molecular weight excluding hydrogens is 292 g/mol. The number of nitro groups is 1. The molecule has 1 N–H and O–H groups in total. The molecule has 104 valence electrons. The average Bonchev–Trinajstić information content (AvgIpc) is 2.39. The lowest BCUT2D eigenvalue weighted by Crippen LogP contribution is -2.04. The minimum absolute atomic E-state index is 0.0356. The summed E-state index contributed by atoms with van der Waals surface area (Å²) in [6.07, 6.45) is 0. The summed E-state index contributed by atoms with van der Waals surface area (Å²) in [6, 6.07) is 4.63. The predicted molar refractivity (Wildman–Crippen MR) is 70.3 cm³/mol. The van der Waals surface area contributed by atoms with Gasteiger partial charge < -0.3 is 5.32 Å². The molecule has 0 atom stereocenters. The highest BCUT2D eigenvalue weighted by atomic mass is 35.5. The van der Waals surface area contributed by atoms with Crippen LogP contribution < -0.4 is 5.32 Å². The van der Waals surface area contributed by atoms with Gasteiger partial charge in [0.25, 0.3) is 0 Å². The molecule has 0 spiro atoms. The van der Waals surface area contributed by atoms with Gasteiger partial charge in [-0.05, 0) is 24.6 Å². The summed E-state index contributed by atoms with van der Waals surface area (Å²) in [7, 11) is 0. The van der Waals surface area contributed by atoms with Gasteiger partial charge in [-0.2, -0.15) is 0 Å². The fourth-order valence-electron chi connectivity index (χ4n) is 1.56. The van der Waals surface area contributed by atoms with Crippen LogP contribution in [-0.4, -0.2) is 9.91 Å². The number of halogens is 3. The van der Waals surface area contributed by atoms with Gasteiger partial charge in [0.2, 0.25) is 5.82 Å². The van der Waals surface area contributed by atoms with Crippen molar-refractivity contribution < 1.29 is 13.7 Å². The second-order valence-corrected chi connectivity index (χ2v) is 4.32. The Morgan fingerprint density at radius 1 is 1.30 bits per heavy atom. The molecule has 0 aliphatic rings. The van der Waals surface area contributed by atoms with E-state index in [9.17, 15) is 18.9 Å². The first-order chi connectivity index (χ1) is 9.40. The Morgan fingerprint density at radius 3 is 2.65 bits per heavy atom. The van der Waals surface area contributed by atoms with E-state index in [4.69, 9.17) is 11.6 Å². The van der Waals surface area contributed by atoms with E-state index in [2.05, 4.69) is 10.3 Å². The van der Waals surface area contributed by atoms with Crippen molar-refractivity contribution in [2.75, 3.05) is 5.32 Å². The van der Waals surface area contributed by atoms with Crippen molar-refractivity contribution in [3.63, 3.8) is 0 Å². The van der Waals surface area contributed by atoms with E-state index in [-0.39, 0.29) is 16.5 Å². The Hall–Kier alpha value is -2.28. The molecular formula is C12H8ClF2N3O2. The number of hydrogen-bond donors (Lipinski definition) is 1. The maximum atomic E-state index is 13.8. The first-order valence-corrected chi connectivity index (χ1v) is 5.80. The first kappa shape index (κ1) is 14.1. The average molecular weight is 300 g/mol. The van der Waals surface area contributed by atoms with Crippen LogP contribution in [0.3, 0.4) is 0 Å². The van der Waals surface area contributed by atoms with Crippen LogP contribution in [0.1, 0.15) is 5.56 Å². The van der Waals surface area contributed by atoms with Gasteiger partial charge in [-0.3, -0.25) is 10.1 Å². The molecule has 0 bridgehead atoms. The van der Waals surface area contributed by atoms with Gasteiger partial charge in [-0.25, -0.2) is 13.8 Å². The number of anilines is 2. The summed E-state index contributed by atoms with van der Waals surface area (Å²) in [4.78, 5) is 13.8. The van der Waals surface area contributed by atoms with Gasteiger partial charge in [-0.15, -0.1) is 0 Å². The quantitative estimate of drug-likeness (QED) is 0.529. The van der Waals surface area contributed by atoms with Crippen LogP contribution in [0.15, 0.2) is 24.3 Å². The van der Waals surface area contributed by atoms with Crippen LogP contribution in [0.2, 0.25) is 5.15 Å². The van der Waals surface area contributed by atoms with E-state index in [1.165, 1.54) is 19.1 Å². The fraction of sp³-hybridized carbons (Fsp3) is 0.0833. The number of rotatable bonds is 3. The SMILES string of the molecule is Cc1ccc(F)c(Nc2nc(Cl)ccc2[N+](=O)[O-])c1F.